The lowest BCUT2D eigenvalue weighted by atomic mass is 10.2. The molecule has 0 radical (unpaired) electrons. The van der Waals surface area contributed by atoms with Gasteiger partial charge in [-0.1, -0.05) is 17.7 Å². The number of benzene rings is 1. The van der Waals surface area contributed by atoms with Crippen LogP contribution in [0.2, 0.25) is 5.02 Å². The highest BCUT2D eigenvalue weighted by molar-refractivity contribution is 6.33. The molecule has 0 unspecified atom stereocenters. The van der Waals surface area contributed by atoms with Gasteiger partial charge in [0.05, 0.1) is 36.9 Å². The summed E-state index contributed by atoms with van der Waals surface area (Å²) in [7, 11) is 1.77. The predicted octanol–water partition coefficient (Wildman–Crippen LogP) is 1.00. The second-order valence-corrected chi connectivity index (χ2v) is 4.01. The monoisotopic (exact) mass is 255 g/mol. The van der Waals surface area contributed by atoms with Gasteiger partial charge in [-0.2, -0.15) is 0 Å². The van der Waals surface area contributed by atoms with E-state index >= 15 is 0 Å². The molecular formula is C11H13ClFN4+. The standard InChI is InChI=1S/C11H12ClFN4/c1-17(11-14-5-6-15-11)16-7-8-9(12)3-2-4-10(8)13/h2-4,7H,5-6H2,1H3,(H,14,15)/p+1/b16-7-. The fourth-order valence-corrected chi connectivity index (χ4v) is 1.70. The van der Waals surface area contributed by atoms with Crippen LogP contribution in [0.5, 0.6) is 0 Å². The average molecular weight is 256 g/mol. The van der Waals surface area contributed by atoms with Crippen LogP contribution >= 0.6 is 11.6 Å². The minimum atomic E-state index is -0.382. The van der Waals surface area contributed by atoms with Crippen LogP contribution in [0.4, 0.5) is 4.39 Å². The predicted molar refractivity (Wildman–Crippen MR) is 66.2 cm³/mol. The van der Waals surface area contributed by atoms with Gasteiger partial charge >= 0.3 is 5.96 Å². The molecule has 0 atom stereocenters. The third kappa shape index (κ3) is 2.74. The number of halogens is 2. The van der Waals surface area contributed by atoms with E-state index in [0.29, 0.717) is 10.6 Å². The molecule has 1 aromatic carbocycles. The zero-order chi connectivity index (χ0) is 12.3. The minimum absolute atomic E-state index is 0.291. The highest BCUT2D eigenvalue weighted by atomic mass is 35.5. The third-order valence-corrected chi connectivity index (χ3v) is 2.72. The Morgan fingerprint density at radius 2 is 2.12 bits per heavy atom. The Kier molecular flexibility index (Phi) is 3.58. The minimum Gasteiger partial charge on any atom is -0.273 e. The summed E-state index contributed by atoms with van der Waals surface area (Å²) in [5.74, 6) is 0.417. The third-order valence-electron chi connectivity index (χ3n) is 2.39. The molecule has 90 valence electrons. The first kappa shape index (κ1) is 11.9. The van der Waals surface area contributed by atoms with Gasteiger partial charge in [0.25, 0.3) is 0 Å². The van der Waals surface area contributed by atoms with Crippen LogP contribution in [0, 0.1) is 5.82 Å². The molecule has 0 bridgehead atoms. The van der Waals surface area contributed by atoms with Crippen molar-refractivity contribution in [2.45, 2.75) is 0 Å². The molecule has 1 aromatic rings. The van der Waals surface area contributed by atoms with Crippen LogP contribution in [-0.2, 0) is 0 Å². The van der Waals surface area contributed by atoms with E-state index in [4.69, 9.17) is 11.6 Å². The maximum atomic E-state index is 13.4. The molecule has 1 heterocycles. The molecule has 0 aromatic heterocycles. The molecule has 0 spiro atoms. The fraction of sp³-hybridized carbons (Fsp3) is 0.273. The van der Waals surface area contributed by atoms with Gasteiger partial charge in [0.1, 0.15) is 5.82 Å². The molecule has 1 aliphatic rings. The molecule has 2 N–H and O–H groups in total. The molecule has 2 rings (SSSR count). The molecule has 1 aliphatic heterocycles. The van der Waals surface area contributed by atoms with E-state index in [-0.39, 0.29) is 5.82 Å². The highest BCUT2D eigenvalue weighted by Gasteiger charge is 2.15. The van der Waals surface area contributed by atoms with Crippen molar-refractivity contribution in [1.29, 1.82) is 0 Å². The van der Waals surface area contributed by atoms with Gasteiger partial charge in [0, 0.05) is 0 Å². The van der Waals surface area contributed by atoms with E-state index in [9.17, 15) is 4.39 Å². The molecular weight excluding hydrogens is 243 g/mol. The maximum Gasteiger partial charge on any atom is 0.369 e. The lowest BCUT2D eigenvalue weighted by molar-refractivity contribution is -0.505. The quantitative estimate of drug-likeness (QED) is 0.470. The summed E-state index contributed by atoms with van der Waals surface area (Å²) in [6.07, 6.45) is 1.41. The van der Waals surface area contributed by atoms with Gasteiger partial charge in [0.2, 0.25) is 0 Å². The van der Waals surface area contributed by atoms with E-state index < -0.39 is 0 Å². The number of hydrogen-bond donors (Lipinski definition) is 2. The van der Waals surface area contributed by atoms with Gasteiger partial charge in [-0.3, -0.25) is 10.6 Å². The highest BCUT2D eigenvalue weighted by Crippen LogP contribution is 2.16. The summed E-state index contributed by atoms with van der Waals surface area (Å²) in [6, 6.07) is 4.55. The van der Waals surface area contributed by atoms with E-state index in [0.717, 1.165) is 19.0 Å². The van der Waals surface area contributed by atoms with E-state index in [1.165, 1.54) is 12.3 Å². The second-order valence-electron chi connectivity index (χ2n) is 3.61. The summed E-state index contributed by atoms with van der Waals surface area (Å²) in [5, 5.41) is 10.7. The topological polar surface area (TPSA) is 39.4 Å². The average Bonchev–Trinajstić information content (AvgIpc) is 2.81. The van der Waals surface area contributed by atoms with Crippen LogP contribution in [0.25, 0.3) is 0 Å². The van der Waals surface area contributed by atoms with Crippen LogP contribution in [0.3, 0.4) is 0 Å². The Morgan fingerprint density at radius 3 is 2.76 bits per heavy atom. The Hall–Kier alpha value is -1.62. The Labute approximate surface area is 104 Å². The van der Waals surface area contributed by atoms with Crippen molar-refractivity contribution < 1.29 is 9.07 Å². The summed E-state index contributed by atoms with van der Waals surface area (Å²) in [5.41, 5.74) is 0.291. The van der Waals surface area contributed by atoms with Gasteiger partial charge in [-0.05, 0) is 12.1 Å². The van der Waals surface area contributed by atoms with Crippen molar-refractivity contribution in [2.24, 2.45) is 5.10 Å². The van der Waals surface area contributed by atoms with Crippen LogP contribution < -0.4 is 10.6 Å². The normalized spacial score (nSPS) is 14.9. The smallest absolute Gasteiger partial charge is 0.273 e. The first-order valence-corrected chi connectivity index (χ1v) is 5.62. The first-order chi connectivity index (χ1) is 8.18. The van der Waals surface area contributed by atoms with Crippen molar-refractivity contribution in [3.63, 3.8) is 0 Å². The molecule has 4 nitrogen and oxygen atoms in total. The number of hydrazone groups is 1. The van der Waals surface area contributed by atoms with Gasteiger partial charge < -0.3 is 0 Å². The summed E-state index contributed by atoms with van der Waals surface area (Å²) >= 11 is 5.88. The largest absolute Gasteiger partial charge is 0.369 e. The zero-order valence-corrected chi connectivity index (χ0v) is 10.1. The zero-order valence-electron chi connectivity index (χ0n) is 9.37. The van der Waals surface area contributed by atoms with Crippen molar-refractivity contribution >= 4 is 23.8 Å². The molecule has 17 heavy (non-hydrogen) atoms. The molecule has 1 saturated heterocycles. The molecule has 0 amide bonds. The molecule has 1 fully saturated rings. The summed E-state index contributed by atoms with van der Waals surface area (Å²) in [6.45, 7) is 1.71. The number of nitrogens with one attached hydrogen (secondary N) is 2. The summed E-state index contributed by atoms with van der Waals surface area (Å²) in [4.78, 5) is 0. The van der Waals surface area contributed by atoms with E-state index in [1.807, 2.05) is 0 Å². The Morgan fingerprint density at radius 1 is 1.41 bits per heavy atom. The first-order valence-electron chi connectivity index (χ1n) is 5.25. The number of guanidine groups is 1. The van der Waals surface area contributed by atoms with Gasteiger partial charge in [0.15, 0.2) is 0 Å². The molecule has 0 aliphatic carbocycles. The second kappa shape index (κ2) is 5.14. The SMILES string of the molecule is C[N+](/N=C\c1c(F)cccc1Cl)=C1NCCN1. The van der Waals surface area contributed by atoms with E-state index in [1.54, 1.807) is 23.9 Å². The number of hydrogen-bond acceptors (Lipinski definition) is 1. The Bertz CT molecular complexity index is 456. The van der Waals surface area contributed by atoms with Crippen LogP contribution in [0.1, 0.15) is 5.56 Å². The molecule has 0 saturated carbocycles. The maximum absolute atomic E-state index is 13.4. The van der Waals surface area contributed by atoms with Crippen molar-refractivity contribution in [2.75, 3.05) is 20.1 Å². The van der Waals surface area contributed by atoms with Crippen LogP contribution in [-0.4, -0.2) is 37.0 Å². The van der Waals surface area contributed by atoms with Crippen LogP contribution in [0.15, 0.2) is 23.3 Å². The number of rotatable bonds is 2. The fourth-order valence-electron chi connectivity index (χ4n) is 1.49. The van der Waals surface area contributed by atoms with Crippen molar-refractivity contribution in [3.8, 4) is 0 Å². The molecule has 6 heteroatoms. The van der Waals surface area contributed by atoms with Crippen molar-refractivity contribution in [1.82, 2.24) is 10.6 Å². The van der Waals surface area contributed by atoms with Crippen molar-refractivity contribution in [3.05, 3.63) is 34.6 Å². The van der Waals surface area contributed by atoms with E-state index in [2.05, 4.69) is 15.7 Å². The van der Waals surface area contributed by atoms with Gasteiger partial charge in [-0.25, -0.2) is 4.39 Å². The lowest BCUT2D eigenvalue weighted by Crippen LogP contribution is -2.31. The summed E-state index contributed by atoms with van der Waals surface area (Å²) < 4.78 is 15.1. The number of nitrogens with zero attached hydrogens (tertiary/aromatic N) is 2. The van der Waals surface area contributed by atoms with Gasteiger partial charge in [-0.15, -0.1) is 9.79 Å². The Balaban J connectivity index is 2.23. The lowest BCUT2D eigenvalue weighted by Gasteiger charge is -2.00.